The molecule has 2 heterocycles. The monoisotopic (exact) mass is 435 g/mol. The van der Waals surface area contributed by atoms with E-state index in [1.165, 1.54) is 31.9 Å². The fraction of sp³-hybridized carbons (Fsp3) is 0.524. The van der Waals surface area contributed by atoms with Crippen LogP contribution in [0, 0.1) is 17.8 Å². The first-order valence-electron chi connectivity index (χ1n) is 10.0. The maximum atomic E-state index is 11.5. The lowest BCUT2D eigenvalue weighted by Crippen LogP contribution is -2.35. The summed E-state index contributed by atoms with van der Waals surface area (Å²) in [6, 6.07) is 6.69. The molecular formula is C21H26ClN3O3S. The number of piperidine rings is 1. The molecule has 29 heavy (non-hydrogen) atoms. The summed E-state index contributed by atoms with van der Waals surface area (Å²) in [5.74, 6) is 3.62. The van der Waals surface area contributed by atoms with Gasteiger partial charge in [-0.15, -0.1) is 0 Å². The van der Waals surface area contributed by atoms with E-state index in [9.17, 15) is 8.42 Å². The number of aromatic nitrogens is 2. The van der Waals surface area contributed by atoms with Crippen LogP contribution in [0.15, 0.2) is 41.6 Å². The van der Waals surface area contributed by atoms with Crippen molar-refractivity contribution in [3.8, 4) is 5.75 Å². The fourth-order valence-corrected chi connectivity index (χ4v) is 4.78. The highest BCUT2D eigenvalue weighted by atomic mass is 35.5. The summed E-state index contributed by atoms with van der Waals surface area (Å²) in [4.78, 5) is 11.2. The van der Waals surface area contributed by atoms with Gasteiger partial charge in [-0.2, -0.15) is 0 Å². The first-order chi connectivity index (χ1) is 13.9. The molecule has 2 fully saturated rings. The summed E-state index contributed by atoms with van der Waals surface area (Å²) in [5.41, 5.74) is 0. The van der Waals surface area contributed by atoms with Gasteiger partial charge in [0.25, 0.3) is 0 Å². The van der Waals surface area contributed by atoms with Crippen LogP contribution in [0.4, 0.5) is 5.95 Å². The van der Waals surface area contributed by atoms with Crippen molar-refractivity contribution in [1.29, 1.82) is 0 Å². The van der Waals surface area contributed by atoms with Gasteiger partial charge in [-0.3, -0.25) is 0 Å². The largest absolute Gasteiger partial charge is 0.493 e. The molecular weight excluding hydrogens is 410 g/mol. The molecule has 4 rings (SSSR count). The Balaban J connectivity index is 1.18. The molecule has 0 bridgehead atoms. The van der Waals surface area contributed by atoms with Crippen molar-refractivity contribution < 1.29 is 13.2 Å². The lowest BCUT2D eigenvalue weighted by Gasteiger charge is -2.32. The number of nitrogens with zero attached hydrogens (tertiary/aromatic N) is 3. The third-order valence-electron chi connectivity index (χ3n) is 5.93. The van der Waals surface area contributed by atoms with Gasteiger partial charge in [0.1, 0.15) is 5.75 Å². The highest BCUT2D eigenvalue weighted by Crippen LogP contribution is 2.45. The van der Waals surface area contributed by atoms with Gasteiger partial charge in [-0.1, -0.05) is 11.6 Å². The molecule has 1 aromatic heterocycles. The minimum Gasteiger partial charge on any atom is -0.493 e. The molecule has 1 aliphatic heterocycles. The van der Waals surface area contributed by atoms with Crippen molar-refractivity contribution in [2.45, 2.75) is 30.6 Å². The molecule has 1 aromatic carbocycles. The maximum Gasteiger partial charge on any atom is 0.225 e. The molecule has 1 aliphatic carbocycles. The Bertz CT molecular complexity index is 927. The van der Waals surface area contributed by atoms with E-state index in [1.54, 1.807) is 36.7 Å². The summed E-state index contributed by atoms with van der Waals surface area (Å²) in [7, 11) is -3.16. The Morgan fingerprint density at radius 2 is 1.76 bits per heavy atom. The van der Waals surface area contributed by atoms with E-state index in [1.807, 2.05) is 0 Å². The number of anilines is 1. The molecule has 0 N–H and O–H groups in total. The SMILES string of the molecule is CS(=O)(=O)c1ccc(OC[C@H]2C[C@H]2CC2CCN(c3ncc(Cl)cn3)CC2)cc1. The van der Waals surface area contributed by atoms with Gasteiger partial charge in [0.2, 0.25) is 5.95 Å². The van der Waals surface area contributed by atoms with Gasteiger partial charge in [-0.05, 0) is 67.7 Å². The van der Waals surface area contributed by atoms with Crippen molar-refractivity contribution in [2.24, 2.45) is 17.8 Å². The van der Waals surface area contributed by atoms with Crippen LogP contribution in [-0.2, 0) is 9.84 Å². The van der Waals surface area contributed by atoms with Crippen LogP contribution < -0.4 is 9.64 Å². The molecule has 0 amide bonds. The second-order valence-corrected chi connectivity index (χ2v) is 10.6. The van der Waals surface area contributed by atoms with E-state index in [0.29, 0.717) is 22.4 Å². The van der Waals surface area contributed by atoms with Crippen molar-refractivity contribution in [1.82, 2.24) is 9.97 Å². The molecule has 2 aromatic rings. The van der Waals surface area contributed by atoms with Crippen molar-refractivity contribution in [3.05, 3.63) is 41.7 Å². The standard InChI is InChI=1S/C21H26ClN3O3S/c1-29(26,27)20-4-2-19(3-5-20)28-14-17-11-16(17)10-15-6-8-25(9-7-15)21-23-12-18(22)13-24-21/h2-5,12-13,15-17H,6-11,14H2,1H3/t16-,17-/m1/s1. The van der Waals surface area contributed by atoms with Gasteiger partial charge in [0, 0.05) is 19.3 Å². The molecule has 2 aliphatic rings. The van der Waals surface area contributed by atoms with E-state index in [4.69, 9.17) is 16.3 Å². The third kappa shape index (κ3) is 5.39. The number of hydrogen-bond donors (Lipinski definition) is 0. The van der Waals surface area contributed by atoms with E-state index in [-0.39, 0.29) is 0 Å². The van der Waals surface area contributed by atoms with E-state index in [0.717, 1.165) is 36.6 Å². The summed E-state index contributed by atoms with van der Waals surface area (Å²) >= 11 is 5.86. The van der Waals surface area contributed by atoms with Crippen LogP contribution >= 0.6 is 11.6 Å². The predicted octanol–water partition coefficient (Wildman–Crippen LogP) is 3.86. The molecule has 0 spiro atoms. The highest BCUT2D eigenvalue weighted by Gasteiger charge is 2.39. The number of sulfone groups is 1. The molecule has 6 nitrogen and oxygen atoms in total. The van der Waals surface area contributed by atoms with Crippen molar-refractivity contribution in [3.63, 3.8) is 0 Å². The van der Waals surface area contributed by atoms with Crippen molar-refractivity contribution >= 4 is 27.4 Å². The summed E-state index contributed by atoms with van der Waals surface area (Å²) in [6.45, 7) is 2.69. The molecule has 156 valence electrons. The first kappa shape index (κ1) is 20.4. The van der Waals surface area contributed by atoms with Crippen LogP contribution in [0.25, 0.3) is 0 Å². The normalized spacial score (nSPS) is 22.5. The summed E-state index contributed by atoms with van der Waals surface area (Å²) in [5, 5.41) is 0.567. The quantitative estimate of drug-likeness (QED) is 0.657. The Hall–Kier alpha value is -1.86. The highest BCUT2D eigenvalue weighted by molar-refractivity contribution is 7.90. The molecule has 2 atom stereocenters. The van der Waals surface area contributed by atoms with Crippen molar-refractivity contribution in [2.75, 3.05) is 30.9 Å². The molecule has 1 saturated heterocycles. The zero-order valence-electron chi connectivity index (χ0n) is 16.5. The molecule has 0 radical (unpaired) electrons. The zero-order valence-corrected chi connectivity index (χ0v) is 18.1. The Labute approximate surface area is 177 Å². The van der Waals surface area contributed by atoms with Crippen LogP contribution in [0.1, 0.15) is 25.7 Å². The zero-order chi connectivity index (χ0) is 20.4. The number of benzene rings is 1. The molecule has 1 saturated carbocycles. The fourth-order valence-electron chi connectivity index (χ4n) is 4.06. The third-order valence-corrected chi connectivity index (χ3v) is 7.25. The average molecular weight is 436 g/mol. The Morgan fingerprint density at radius 1 is 1.10 bits per heavy atom. The second kappa shape index (κ2) is 8.48. The Kier molecular flexibility index (Phi) is 5.97. The van der Waals surface area contributed by atoms with Gasteiger partial charge in [0.15, 0.2) is 9.84 Å². The van der Waals surface area contributed by atoms with Gasteiger partial charge < -0.3 is 9.64 Å². The average Bonchev–Trinajstić information content (AvgIpc) is 3.45. The summed E-state index contributed by atoms with van der Waals surface area (Å²) in [6.07, 6.45) is 9.34. The Morgan fingerprint density at radius 3 is 2.38 bits per heavy atom. The predicted molar refractivity (Wildman–Crippen MR) is 113 cm³/mol. The van der Waals surface area contributed by atoms with Crippen LogP contribution in [-0.4, -0.2) is 44.3 Å². The number of rotatable bonds is 7. The van der Waals surface area contributed by atoms with E-state index < -0.39 is 9.84 Å². The van der Waals surface area contributed by atoms with Crippen LogP contribution in [0.2, 0.25) is 5.02 Å². The van der Waals surface area contributed by atoms with Crippen LogP contribution in [0.3, 0.4) is 0 Å². The second-order valence-electron chi connectivity index (χ2n) is 8.18. The lowest BCUT2D eigenvalue weighted by atomic mass is 9.91. The van der Waals surface area contributed by atoms with Gasteiger partial charge in [-0.25, -0.2) is 18.4 Å². The summed E-state index contributed by atoms with van der Waals surface area (Å²) < 4.78 is 28.9. The lowest BCUT2D eigenvalue weighted by molar-refractivity contribution is 0.279. The minimum atomic E-state index is -3.16. The van der Waals surface area contributed by atoms with Crippen LogP contribution in [0.5, 0.6) is 5.75 Å². The maximum absolute atomic E-state index is 11.5. The number of ether oxygens (including phenoxy) is 1. The van der Waals surface area contributed by atoms with Gasteiger partial charge >= 0.3 is 0 Å². The topological polar surface area (TPSA) is 72.4 Å². The van der Waals surface area contributed by atoms with Gasteiger partial charge in [0.05, 0.1) is 28.9 Å². The number of halogens is 1. The molecule has 8 heteroatoms. The van der Waals surface area contributed by atoms with E-state index >= 15 is 0 Å². The number of hydrogen-bond acceptors (Lipinski definition) is 6. The smallest absolute Gasteiger partial charge is 0.225 e. The van der Waals surface area contributed by atoms with E-state index in [2.05, 4.69) is 14.9 Å². The minimum absolute atomic E-state index is 0.324. The molecule has 0 unspecified atom stereocenters. The first-order valence-corrected chi connectivity index (χ1v) is 12.3.